The van der Waals surface area contributed by atoms with Crippen LogP contribution in [0.2, 0.25) is 0 Å². The predicted molar refractivity (Wildman–Crippen MR) is 61.1 cm³/mol. The largest absolute Gasteiger partial charge is 0.317 e. The lowest BCUT2D eigenvalue weighted by Crippen LogP contribution is -2.31. The highest BCUT2D eigenvalue weighted by Gasteiger charge is 2.13. The van der Waals surface area contributed by atoms with Crippen molar-refractivity contribution in [3.63, 3.8) is 0 Å². The van der Waals surface area contributed by atoms with Gasteiger partial charge >= 0.3 is 0 Å². The molecule has 0 aromatic heterocycles. The molecule has 0 aliphatic carbocycles. The lowest BCUT2D eigenvalue weighted by atomic mass is 9.93. The van der Waals surface area contributed by atoms with E-state index in [1.165, 1.54) is 38.5 Å². The summed E-state index contributed by atoms with van der Waals surface area (Å²) in [6.07, 6.45) is 8.13. The van der Waals surface area contributed by atoms with Crippen LogP contribution in [-0.2, 0) is 0 Å². The van der Waals surface area contributed by atoms with E-state index in [2.05, 4.69) is 33.1 Å². The van der Waals surface area contributed by atoms with Crippen molar-refractivity contribution >= 4 is 0 Å². The first-order valence-electron chi connectivity index (χ1n) is 5.93. The minimum Gasteiger partial charge on any atom is -0.317 e. The van der Waals surface area contributed by atoms with E-state index in [1.54, 1.807) is 0 Å². The van der Waals surface area contributed by atoms with Crippen LogP contribution < -0.4 is 5.32 Å². The van der Waals surface area contributed by atoms with Crippen molar-refractivity contribution in [2.24, 2.45) is 5.92 Å². The molecule has 0 heterocycles. The highest BCUT2D eigenvalue weighted by molar-refractivity contribution is 4.71. The number of unbranched alkanes of at least 4 members (excludes halogenated alkanes) is 2. The number of hydrogen-bond acceptors (Lipinski definition) is 1. The van der Waals surface area contributed by atoms with Gasteiger partial charge in [0, 0.05) is 6.04 Å². The first-order chi connectivity index (χ1) is 6.26. The van der Waals surface area contributed by atoms with E-state index in [4.69, 9.17) is 0 Å². The minimum absolute atomic E-state index is 0.742. The summed E-state index contributed by atoms with van der Waals surface area (Å²) in [7, 11) is 2.10. The molecule has 0 radical (unpaired) electrons. The average Bonchev–Trinajstić information content (AvgIpc) is 2.13. The van der Waals surface area contributed by atoms with E-state index in [9.17, 15) is 0 Å². The molecule has 2 atom stereocenters. The van der Waals surface area contributed by atoms with Gasteiger partial charge in [-0.15, -0.1) is 0 Å². The summed E-state index contributed by atoms with van der Waals surface area (Å²) < 4.78 is 0. The van der Waals surface area contributed by atoms with Gasteiger partial charge in [0.25, 0.3) is 0 Å². The van der Waals surface area contributed by atoms with E-state index in [1.807, 2.05) is 0 Å². The molecule has 0 rings (SSSR count). The highest BCUT2D eigenvalue weighted by atomic mass is 14.9. The summed E-state index contributed by atoms with van der Waals surface area (Å²) in [6.45, 7) is 6.91. The molecule has 0 aliphatic heterocycles. The van der Waals surface area contributed by atoms with E-state index in [0.29, 0.717) is 0 Å². The van der Waals surface area contributed by atoms with Crippen molar-refractivity contribution in [1.29, 1.82) is 0 Å². The summed E-state index contributed by atoms with van der Waals surface area (Å²) in [5.41, 5.74) is 0. The maximum atomic E-state index is 3.45. The molecule has 1 nitrogen and oxygen atoms in total. The molecule has 0 fully saturated rings. The molecule has 0 spiro atoms. The van der Waals surface area contributed by atoms with Crippen molar-refractivity contribution in [1.82, 2.24) is 5.32 Å². The second-order valence-electron chi connectivity index (χ2n) is 4.16. The summed E-state index contributed by atoms with van der Waals surface area (Å²) in [5, 5.41) is 3.45. The molecule has 0 bridgehead atoms. The molecule has 0 aromatic rings. The van der Waals surface area contributed by atoms with Crippen molar-refractivity contribution < 1.29 is 0 Å². The third-order valence-electron chi connectivity index (χ3n) is 2.92. The molecule has 0 saturated carbocycles. The van der Waals surface area contributed by atoms with Gasteiger partial charge < -0.3 is 5.32 Å². The smallest absolute Gasteiger partial charge is 0.00896 e. The molecular formula is C12H27N. The summed E-state index contributed by atoms with van der Waals surface area (Å²) in [6, 6.07) is 0.742. The Morgan fingerprint density at radius 1 is 1.00 bits per heavy atom. The first kappa shape index (κ1) is 13.0. The van der Waals surface area contributed by atoms with Crippen molar-refractivity contribution in [2.75, 3.05) is 7.05 Å². The summed E-state index contributed by atoms with van der Waals surface area (Å²) >= 11 is 0. The first-order valence-corrected chi connectivity index (χ1v) is 5.93. The predicted octanol–water partition coefficient (Wildman–Crippen LogP) is 3.59. The number of hydrogen-bond donors (Lipinski definition) is 1. The third kappa shape index (κ3) is 6.09. The van der Waals surface area contributed by atoms with Crippen LogP contribution in [0.3, 0.4) is 0 Å². The van der Waals surface area contributed by atoms with Crippen LogP contribution in [0.4, 0.5) is 0 Å². The Morgan fingerprint density at radius 2 is 1.69 bits per heavy atom. The van der Waals surface area contributed by atoms with Crippen LogP contribution in [0.25, 0.3) is 0 Å². The van der Waals surface area contributed by atoms with Gasteiger partial charge in [-0.1, -0.05) is 46.5 Å². The van der Waals surface area contributed by atoms with Crippen LogP contribution >= 0.6 is 0 Å². The van der Waals surface area contributed by atoms with Gasteiger partial charge in [-0.05, 0) is 25.8 Å². The minimum atomic E-state index is 0.742. The molecule has 1 N–H and O–H groups in total. The standard InChI is InChI=1S/C12H27N/c1-5-7-8-10-12(13-4)11(3)9-6-2/h11-13H,5-10H2,1-4H3. The van der Waals surface area contributed by atoms with Gasteiger partial charge in [0.2, 0.25) is 0 Å². The van der Waals surface area contributed by atoms with Crippen molar-refractivity contribution in [2.45, 2.75) is 65.3 Å². The normalized spacial score (nSPS) is 15.7. The van der Waals surface area contributed by atoms with Gasteiger partial charge in [-0.2, -0.15) is 0 Å². The highest BCUT2D eigenvalue weighted by Crippen LogP contribution is 2.15. The molecule has 0 aromatic carbocycles. The Labute approximate surface area is 84.3 Å². The Kier molecular flexibility index (Phi) is 8.53. The molecule has 0 saturated heterocycles. The monoisotopic (exact) mass is 185 g/mol. The fraction of sp³-hybridized carbons (Fsp3) is 1.00. The maximum Gasteiger partial charge on any atom is 0.00896 e. The number of rotatable bonds is 8. The second kappa shape index (κ2) is 8.55. The Balaban J connectivity index is 3.60. The molecular weight excluding hydrogens is 158 g/mol. The van der Waals surface area contributed by atoms with E-state index < -0.39 is 0 Å². The van der Waals surface area contributed by atoms with Crippen LogP contribution in [0, 0.1) is 5.92 Å². The van der Waals surface area contributed by atoms with Gasteiger partial charge in [0.05, 0.1) is 0 Å². The Morgan fingerprint density at radius 3 is 2.15 bits per heavy atom. The number of nitrogens with one attached hydrogen (secondary N) is 1. The second-order valence-corrected chi connectivity index (χ2v) is 4.16. The zero-order chi connectivity index (χ0) is 10.1. The topological polar surface area (TPSA) is 12.0 Å². The molecule has 13 heavy (non-hydrogen) atoms. The molecule has 80 valence electrons. The summed E-state index contributed by atoms with van der Waals surface area (Å²) in [5.74, 6) is 0.840. The fourth-order valence-electron chi connectivity index (χ4n) is 1.98. The van der Waals surface area contributed by atoms with E-state index in [-0.39, 0.29) is 0 Å². The van der Waals surface area contributed by atoms with Crippen LogP contribution in [0.5, 0.6) is 0 Å². The van der Waals surface area contributed by atoms with E-state index >= 15 is 0 Å². The molecule has 0 aliphatic rings. The van der Waals surface area contributed by atoms with Gasteiger partial charge in [-0.3, -0.25) is 0 Å². The Bertz CT molecular complexity index is 101. The van der Waals surface area contributed by atoms with Gasteiger partial charge in [-0.25, -0.2) is 0 Å². The van der Waals surface area contributed by atoms with Crippen LogP contribution in [0.1, 0.15) is 59.3 Å². The molecule has 0 amide bonds. The zero-order valence-electron chi connectivity index (χ0n) is 9.90. The third-order valence-corrected chi connectivity index (χ3v) is 2.92. The van der Waals surface area contributed by atoms with E-state index in [0.717, 1.165) is 12.0 Å². The van der Waals surface area contributed by atoms with Crippen molar-refractivity contribution in [3.8, 4) is 0 Å². The van der Waals surface area contributed by atoms with Gasteiger partial charge in [0.15, 0.2) is 0 Å². The van der Waals surface area contributed by atoms with Crippen LogP contribution in [0.15, 0.2) is 0 Å². The lowest BCUT2D eigenvalue weighted by Gasteiger charge is -2.23. The van der Waals surface area contributed by atoms with Crippen LogP contribution in [-0.4, -0.2) is 13.1 Å². The summed E-state index contributed by atoms with van der Waals surface area (Å²) in [4.78, 5) is 0. The maximum absolute atomic E-state index is 3.45. The fourth-order valence-corrected chi connectivity index (χ4v) is 1.98. The molecule has 1 heteroatoms. The Hall–Kier alpha value is -0.0400. The lowest BCUT2D eigenvalue weighted by molar-refractivity contribution is 0.346. The molecule has 2 unspecified atom stereocenters. The van der Waals surface area contributed by atoms with Gasteiger partial charge in [0.1, 0.15) is 0 Å². The van der Waals surface area contributed by atoms with Crippen molar-refractivity contribution in [3.05, 3.63) is 0 Å². The quantitative estimate of drug-likeness (QED) is 0.570. The average molecular weight is 185 g/mol. The SMILES string of the molecule is CCCCCC(NC)C(C)CCC. The zero-order valence-corrected chi connectivity index (χ0v) is 9.90.